The van der Waals surface area contributed by atoms with Crippen LogP contribution < -0.4 is 14.2 Å². The molecule has 2 aliphatic rings. The van der Waals surface area contributed by atoms with E-state index in [0.717, 1.165) is 33.9 Å². The van der Waals surface area contributed by atoms with Crippen molar-refractivity contribution < 1.29 is 19.3 Å². The molecule has 0 radical (unpaired) electrons. The van der Waals surface area contributed by atoms with Crippen molar-refractivity contribution in [2.75, 3.05) is 13.2 Å². The van der Waals surface area contributed by atoms with Gasteiger partial charge in [0.25, 0.3) is 0 Å². The lowest BCUT2D eigenvalue weighted by molar-refractivity contribution is 0.171. The number of para-hydroxylation sites is 1. The van der Waals surface area contributed by atoms with Gasteiger partial charge in [-0.15, -0.1) is 0 Å². The molecule has 0 aliphatic carbocycles. The van der Waals surface area contributed by atoms with E-state index >= 15 is 0 Å². The van der Waals surface area contributed by atoms with Crippen LogP contribution in [0.5, 0.6) is 17.2 Å². The molecule has 0 saturated carbocycles. The Balaban J connectivity index is 1.90. The lowest BCUT2D eigenvalue weighted by Crippen LogP contribution is -2.18. The zero-order chi connectivity index (χ0) is 16.7. The van der Waals surface area contributed by atoms with Gasteiger partial charge in [0.1, 0.15) is 30.8 Å². The second kappa shape index (κ2) is 5.64. The molecule has 0 saturated heterocycles. The monoisotopic (exact) mass is 322 g/mol. The van der Waals surface area contributed by atoms with Gasteiger partial charge < -0.3 is 19.3 Å². The Hall–Kier alpha value is -2.88. The molecule has 2 heterocycles. The Morgan fingerprint density at radius 1 is 1.08 bits per heavy atom. The SMILES string of the molecule is C=C(O)c1ccc2c(c1)C(c1cccc3c1OCCO3)=CC(C)O2. The Morgan fingerprint density at radius 3 is 2.75 bits per heavy atom. The number of hydrogen-bond acceptors (Lipinski definition) is 4. The molecule has 0 bridgehead atoms. The highest BCUT2D eigenvalue weighted by molar-refractivity contribution is 5.88. The maximum Gasteiger partial charge on any atom is 0.169 e. The van der Waals surface area contributed by atoms with Gasteiger partial charge in [-0.2, -0.15) is 0 Å². The minimum absolute atomic E-state index is 0.0328. The van der Waals surface area contributed by atoms with Crippen molar-refractivity contribution in [2.24, 2.45) is 0 Å². The van der Waals surface area contributed by atoms with E-state index in [4.69, 9.17) is 14.2 Å². The van der Waals surface area contributed by atoms with Gasteiger partial charge in [0, 0.05) is 16.7 Å². The predicted octanol–water partition coefficient (Wildman–Crippen LogP) is 4.20. The molecule has 1 unspecified atom stereocenters. The van der Waals surface area contributed by atoms with Gasteiger partial charge in [-0.1, -0.05) is 18.7 Å². The number of aliphatic hydroxyl groups excluding tert-OH is 1. The van der Waals surface area contributed by atoms with E-state index in [9.17, 15) is 5.11 Å². The smallest absolute Gasteiger partial charge is 0.169 e. The highest BCUT2D eigenvalue weighted by Gasteiger charge is 2.25. The molecule has 2 aromatic carbocycles. The van der Waals surface area contributed by atoms with Crippen LogP contribution in [0.3, 0.4) is 0 Å². The molecule has 2 aliphatic heterocycles. The molecule has 1 atom stereocenters. The quantitative estimate of drug-likeness (QED) is 0.842. The number of hydrogen-bond donors (Lipinski definition) is 1. The number of aliphatic hydroxyl groups is 1. The number of rotatable bonds is 2. The van der Waals surface area contributed by atoms with Gasteiger partial charge in [-0.25, -0.2) is 0 Å². The fourth-order valence-corrected chi connectivity index (χ4v) is 3.10. The van der Waals surface area contributed by atoms with Gasteiger partial charge in [-0.3, -0.25) is 0 Å². The van der Waals surface area contributed by atoms with E-state index in [1.807, 2.05) is 37.3 Å². The molecule has 0 amide bonds. The molecule has 0 fully saturated rings. The largest absolute Gasteiger partial charge is 0.508 e. The zero-order valence-electron chi connectivity index (χ0n) is 13.4. The number of ether oxygens (including phenoxy) is 3. The number of benzene rings is 2. The van der Waals surface area contributed by atoms with E-state index in [1.165, 1.54) is 0 Å². The second-order valence-corrected chi connectivity index (χ2v) is 5.89. The van der Waals surface area contributed by atoms with Gasteiger partial charge >= 0.3 is 0 Å². The van der Waals surface area contributed by atoms with Crippen molar-refractivity contribution in [1.29, 1.82) is 0 Å². The first-order chi connectivity index (χ1) is 11.6. The van der Waals surface area contributed by atoms with Gasteiger partial charge in [-0.05, 0) is 42.8 Å². The summed E-state index contributed by atoms with van der Waals surface area (Å²) >= 11 is 0. The summed E-state index contributed by atoms with van der Waals surface area (Å²) in [4.78, 5) is 0. The van der Waals surface area contributed by atoms with Crippen LogP contribution in [0, 0.1) is 0 Å². The molecule has 24 heavy (non-hydrogen) atoms. The molecule has 122 valence electrons. The van der Waals surface area contributed by atoms with Crippen molar-refractivity contribution in [3.8, 4) is 17.2 Å². The predicted molar refractivity (Wildman–Crippen MR) is 92.7 cm³/mol. The van der Waals surface area contributed by atoms with E-state index in [1.54, 1.807) is 6.07 Å². The van der Waals surface area contributed by atoms with Crippen LogP contribution in [0.15, 0.2) is 49.1 Å². The third kappa shape index (κ3) is 2.40. The van der Waals surface area contributed by atoms with E-state index in [-0.39, 0.29) is 11.9 Å². The van der Waals surface area contributed by atoms with Gasteiger partial charge in [0.2, 0.25) is 0 Å². The summed E-state index contributed by atoms with van der Waals surface area (Å²) in [7, 11) is 0. The Bertz CT molecular complexity index is 851. The highest BCUT2D eigenvalue weighted by atomic mass is 16.6. The van der Waals surface area contributed by atoms with Crippen LogP contribution in [0.4, 0.5) is 0 Å². The van der Waals surface area contributed by atoms with Crippen LogP contribution in [-0.2, 0) is 0 Å². The Labute approximate surface area is 140 Å². The number of fused-ring (bicyclic) bond motifs is 2. The molecule has 0 aromatic heterocycles. The summed E-state index contributed by atoms with van der Waals surface area (Å²) in [6.45, 7) is 6.69. The van der Waals surface area contributed by atoms with Crippen LogP contribution in [0.1, 0.15) is 23.6 Å². The van der Waals surface area contributed by atoms with Crippen molar-refractivity contribution in [3.63, 3.8) is 0 Å². The third-order valence-electron chi connectivity index (χ3n) is 4.17. The van der Waals surface area contributed by atoms with Gasteiger partial charge in [0.15, 0.2) is 11.5 Å². The first kappa shape index (κ1) is 14.7. The van der Waals surface area contributed by atoms with Crippen LogP contribution in [0.25, 0.3) is 11.3 Å². The average Bonchev–Trinajstić information content (AvgIpc) is 2.60. The normalized spacial score (nSPS) is 18.2. The first-order valence-electron chi connectivity index (χ1n) is 7.93. The van der Waals surface area contributed by atoms with Gasteiger partial charge in [0.05, 0.1) is 0 Å². The topological polar surface area (TPSA) is 47.9 Å². The lowest BCUT2D eigenvalue weighted by Gasteiger charge is -2.27. The molecule has 2 aromatic rings. The summed E-state index contributed by atoms with van der Waals surface area (Å²) in [5, 5.41) is 9.73. The van der Waals surface area contributed by atoms with E-state index in [0.29, 0.717) is 18.8 Å². The molecule has 0 spiro atoms. The van der Waals surface area contributed by atoms with Crippen LogP contribution >= 0.6 is 0 Å². The zero-order valence-corrected chi connectivity index (χ0v) is 13.4. The maximum absolute atomic E-state index is 9.73. The highest BCUT2D eigenvalue weighted by Crippen LogP contribution is 2.44. The third-order valence-corrected chi connectivity index (χ3v) is 4.17. The molecule has 4 heteroatoms. The standard InChI is InChI=1S/C20H18O4/c1-12-10-16(15-4-3-5-19-20(15)23-9-8-22-19)17-11-14(13(2)21)6-7-18(17)24-12/h3-7,10-12,21H,2,8-9H2,1H3. The molecule has 4 nitrogen and oxygen atoms in total. The fourth-order valence-electron chi connectivity index (χ4n) is 3.10. The lowest BCUT2D eigenvalue weighted by atomic mass is 9.91. The minimum Gasteiger partial charge on any atom is -0.508 e. The van der Waals surface area contributed by atoms with Crippen molar-refractivity contribution in [1.82, 2.24) is 0 Å². The van der Waals surface area contributed by atoms with E-state index < -0.39 is 0 Å². The first-order valence-corrected chi connectivity index (χ1v) is 7.93. The molecular formula is C20H18O4. The summed E-state index contributed by atoms with van der Waals surface area (Å²) < 4.78 is 17.5. The summed E-state index contributed by atoms with van der Waals surface area (Å²) in [5.41, 5.74) is 3.54. The molecule has 1 N–H and O–H groups in total. The van der Waals surface area contributed by atoms with Crippen LogP contribution in [0.2, 0.25) is 0 Å². The fraction of sp³-hybridized carbons (Fsp3) is 0.200. The van der Waals surface area contributed by atoms with Crippen LogP contribution in [-0.4, -0.2) is 24.4 Å². The second-order valence-electron chi connectivity index (χ2n) is 5.89. The molecular weight excluding hydrogens is 304 g/mol. The Morgan fingerprint density at radius 2 is 1.92 bits per heavy atom. The average molecular weight is 322 g/mol. The Kier molecular flexibility index (Phi) is 3.45. The van der Waals surface area contributed by atoms with Crippen molar-refractivity contribution in [2.45, 2.75) is 13.0 Å². The minimum atomic E-state index is -0.0592. The maximum atomic E-state index is 9.73. The van der Waals surface area contributed by atoms with E-state index in [2.05, 4.69) is 12.7 Å². The van der Waals surface area contributed by atoms with Crippen molar-refractivity contribution in [3.05, 3.63) is 65.7 Å². The molecule has 4 rings (SSSR count). The van der Waals surface area contributed by atoms with Crippen molar-refractivity contribution >= 4 is 11.3 Å². The summed E-state index contributed by atoms with van der Waals surface area (Å²) in [6, 6.07) is 11.4. The summed E-state index contributed by atoms with van der Waals surface area (Å²) in [5.74, 6) is 2.32. The summed E-state index contributed by atoms with van der Waals surface area (Å²) in [6.07, 6.45) is 2.00.